The van der Waals surface area contributed by atoms with Crippen LogP contribution in [0.15, 0.2) is 134 Å². The molecule has 0 aromatic heterocycles. The molecule has 0 spiro atoms. The second kappa shape index (κ2) is 55.9. The van der Waals surface area contributed by atoms with Gasteiger partial charge in [-0.25, -0.2) is 4.57 Å². The summed E-state index contributed by atoms with van der Waals surface area (Å²) in [5, 5.41) is 0. The van der Waals surface area contributed by atoms with Crippen LogP contribution in [0.4, 0.5) is 0 Å². The lowest BCUT2D eigenvalue weighted by Gasteiger charge is -2.24. The van der Waals surface area contributed by atoms with Gasteiger partial charge in [-0.05, 0) is 109 Å². The standard InChI is InChI=1S/C66H110NO8P/c1-6-8-10-12-14-16-18-20-22-24-26-28-30-31-32-33-34-35-37-39-41-43-45-47-49-51-53-55-57-59-66(69)75-64(63-74-76(70,71)73-61-60-67(3,4)5)62-72-65(68)58-56-54-52-50-48-46-44-42-40-38-36-29-27-25-23-21-19-17-15-13-11-9-7-2/h8-11,14-17,20-23,26-29,31-32,34-35,39,41,64H,6-7,12-13,18-19,24-25,30,33,36-38,40,42-63H2,1-5H3/p+1/b10-8-,11-9-,16-14-,17-15-,22-20-,23-21-,28-26-,29-27-,32-31-,35-34-,41-39-. The molecule has 0 rings (SSSR count). The summed E-state index contributed by atoms with van der Waals surface area (Å²) in [6.07, 6.45) is 80.8. The molecule has 0 saturated carbocycles. The molecule has 9 nitrogen and oxygen atoms in total. The van der Waals surface area contributed by atoms with Gasteiger partial charge in [-0.1, -0.05) is 231 Å². The van der Waals surface area contributed by atoms with Crippen LogP contribution in [0.2, 0.25) is 0 Å². The molecule has 0 aromatic rings. The molecule has 0 amide bonds. The highest BCUT2D eigenvalue weighted by molar-refractivity contribution is 7.47. The van der Waals surface area contributed by atoms with E-state index in [0.717, 1.165) is 128 Å². The van der Waals surface area contributed by atoms with Crippen LogP contribution in [-0.2, 0) is 32.7 Å². The Balaban J connectivity index is 4.23. The minimum absolute atomic E-state index is 0.0211. The quantitative estimate of drug-likeness (QED) is 0.0211. The van der Waals surface area contributed by atoms with Crippen LogP contribution in [0.3, 0.4) is 0 Å². The normalized spacial score (nSPS) is 14.2. The van der Waals surface area contributed by atoms with E-state index in [-0.39, 0.29) is 32.0 Å². The number of phosphoric ester groups is 1. The van der Waals surface area contributed by atoms with Gasteiger partial charge in [0.2, 0.25) is 0 Å². The van der Waals surface area contributed by atoms with Gasteiger partial charge in [0, 0.05) is 12.8 Å². The summed E-state index contributed by atoms with van der Waals surface area (Å²) < 4.78 is 34.6. The van der Waals surface area contributed by atoms with Crippen molar-refractivity contribution in [2.75, 3.05) is 47.5 Å². The number of hydrogen-bond acceptors (Lipinski definition) is 7. The number of likely N-dealkylation sites (N-methyl/N-ethyl adjacent to an activating group) is 1. The van der Waals surface area contributed by atoms with Gasteiger partial charge >= 0.3 is 19.8 Å². The number of esters is 2. The van der Waals surface area contributed by atoms with Crippen LogP contribution < -0.4 is 0 Å². The van der Waals surface area contributed by atoms with E-state index in [1.54, 1.807) is 0 Å². The number of allylic oxidation sites excluding steroid dienone is 22. The Kier molecular flexibility index (Phi) is 53.1. The van der Waals surface area contributed by atoms with Gasteiger partial charge in [0.1, 0.15) is 19.8 Å². The van der Waals surface area contributed by atoms with Crippen molar-refractivity contribution >= 4 is 19.8 Å². The molecule has 0 fully saturated rings. The topological polar surface area (TPSA) is 108 Å². The van der Waals surface area contributed by atoms with Crippen LogP contribution in [0, 0.1) is 0 Å². The highest BCUT2D eigenvalue weighted by Gasteiger charge is 2.27. The number of hydrogen-bond donors (Lipinski definition) is 1. The Hall–Kier alpha value is -3.85. The maximum atomic E-state index is 12.8. The molecule has 0 saturated heterocycles. The second-order valence-corrected chi connectivity index (χ2v) is 22.1. The Labute approximate surface area is 466 Å². The summed E-state index contributed by atoms with van der Waals surface area (Å²) in [7, 11) is 1.45. The Bertz CT molecular complexity index is 1740. The summed E-state index contributed by atoms with van der Waals surface area (Å²) in [5.41, 5.74) is 0. The summed E-state index contributed by atoms with van der Waals surface area (Å²) in [6.45, 7) is 4.18. The first-order chi connectivity index (χ1) is 37.0. The minimum atomic E-state index is -4.40. The molecule has 2 atom stereocenters. The molecule has 76 heavy (non-hydrogen) atoms. The highest BCUT2D eigenvalue weighted by atomic mass is 31.2. The second-order valence-electron chi connectivity index (χ2n) is 20.6. The van der Waals surface area contributed by atoms with Crippen molar-refractivity contribution in [1.82, 2.24) is 0 Å². The fourth-order valence-corrected chi connectivity index (χ4v) is 8.37. The first-order valence-corrected chi connectivity index (χ1v) is 31.4. The molecule has 0 aromatic carbocycles. The lowest BCUT2D eigenvalue weighted by atomic mass is 10.1. The van der Waals surface area contributed by atoms with Gasteiger partial charge in [0.15, 0.2) is 6.10 Å². The largest absolute Gasteiger partial charge is 0.472 e. The summed E-state index contributed by atoms with van der Waals surface area (Å²) in [4.78, 5) is 35.7. The monoisotopic (exact) mass is 1080 g/mol. The molecular formula is C66H111NO8P+. The van der Waals surface area contributed by atoms with Crippen molar-refractivity contribution in [1.29, 1.82) is 0 Å². The molecule has 0 aliphatic rings. The predicted octanol–water partition coefficient (Wildman–Crippen LogP) is 18.9. The van der Waals surface area contributed by atoms with E-state index in [9.17, 15) is 19.0 Å². The predicted molar refractivity (Wildman–Crippen MR) is 325 cm³/mol. The van der Waals surface area contributed by atoms with Crippen molar-refractivity contribution in [3.63, 3.8) is 0 Å². The molecule has 0 aliphatic heterocycles. The fraction of sp³-hybridized carbons (Fsp3) is 0.636. The van der Waals surface area contributed by atoms with Crippen LogP contribution >= 0.6 is 7.82 Å². The number of quaternary nitrogens is 1. The molecule has 1 N–H and O–H groups in total. The van der Waals surface area contributed by atoms with Crippen molar-refractivity contribution in [2.24, 2.45) is 0 Å². The molecule has 10 heteroatoms. The molecule has 432 valence electrons. The average Bonchev–Trinajstić information content (AvgIpc) is 3.38. The molecule has 0 heterocycles. The zero-order chi connectivity index (χ0) is 55.6. The van der Waals surface area contributed by atoms with Gasteiger partial charge in [-0.2, -0.15) is 0 Å². The molecule has 0 radical (unpaired) electrons. The van der Waals surface area contributed by atoms with E-state index < -0.39 is 26.5 Å². The average molecular weight is 1080 g/mol. The summed E-state index contributed by atoms with van der Waals surface area (Å²) >= 11 is 0. The number of ether oxygens (including phenoxy) is 2. The minimum Gasteiger partial charge on any atom is -0.462 e. The van der Waals surface area contributed by atoms with Crippen molar-refractivity contribution < 1.29 is 42.1 Å². The van der Waals surface area contributed by atoms with Crippen molar-refractivity contribution in [3.05, 3.63) is 134 Å². The van der Waals surface area contributed by atoms with Gasteiger partial charge in [0.25, 0.3) is 0 Å². The van der Waals surface area contributed by atoms with Crippen LogP contribution in [-0.4, -0.2) is 74.9 Å². The molecule has 0 bridgehead atoms. The zero-order valence-corrected chi connectivity index (χ0v) is 49.8. The fourth-order valence-electron chi connectivity index (χ4n) is 7.63. The van der Waals surface area contributed by atoms with Gasteiger partial charge in [-0.3, -0.25) is 18.6 Å². The SMILES string of the molecule is CC/C=C\C/C=C\C/C=C\C/C=C\C/C=C\C/C=C\C/C=C\CCCCCCCCCC(=O)OC(COC(=O)CCCCCCCCCCCC/C=C\C/C=C\C/C=C\C/C=C\CC)COP(=O)(O)OCC[N+](C)(C)C. The highest BCUT2D eigenvalue weighted by Crippen LogP contribution is 2.43. The van der Waals surface area contributed by atoms with E-state index in [1.807, 2.05) is 21.1 Å². The smallest absolute Gasteiger partial charge is 0.462 e. The lowest BCUT2D eigenvalue weighted by molar-refractivity contribution is -0.870. The number of phosphoric acid groups is 1. The van der Waals surface area contributed by atoms with Crippen molar-refractivity contribution in [3.8, 4) is 0 Å². The van der Waals surface area contributed by atoms with Gasteiger partial charge < -0.3 is 18.9 Å². The lowest BCUT2D eigenvalue weighted by Crippen LogP contribution is -2.37. The van der Waals surface area contributed by atoms with Gasteiger partial charge in [0.05, 0.1) is 27.7 Å². The number of rotatable bonds is 53. The van der Waals surface area contributed by atoms with E-state index in [2.05, 4.69) is 148 Å². The van der Waals surface area contributed by atoms with Crippen LogP contribution in [0.5, 0.6) is 0 Å². The zero-order valence-electron chi connectivity index (χ0n) is 48.9. The molecule has 2 unspecified atom stereocenters. The third-order valence-electron chi connectivity index (χ3n) is 12.2. The summed E-state index contributed by atoms with van der Waals surface area (Å²) in [5.74, 6) is -0.823. The summed E-state index contributed by atoms with van der Waals surface area (Å²) in [6, 6.07) is 0. The van der Waals surface area contributed by atoms with Gasteiger partial charge in [-0.15, -0.1) is 0 Å². The Morgan fingerprint density at radius 1 is 0.408 bits per heavy atom. The first-order valence-electron chi connectivity index (χ1n) is 29.9. The van der Waals surface area contributed by atoms with Crippen molar-refractivity contribution in [2.45, 2.75) is 225 Å². The van der Waals surface area contributed by atoms with Crippen LogP contribution in [0.25, 0.3) is 0 Å². The Morgan fingerprint density at radius 3 is 1.05 bits per heavy atom. The third kappa shape index (κ3) is 59.4. The van der Waals surface area contributed by atoms with E-state index in [1.165, 1.54) is 57.8 Å². The third-order valence-corrected chi connectivity index (χ3v) is 13.2. The Morgan fingerprint density at radius 2 is 0.711 bits per heavy atom. The van der Waals surface area contributed by atoms with E-state index in [4.69, 9.17) is 18.5 Å². The number of carbonyl (C=O) groups excluding carboxylic acids is 2. The van der Waals surface area contributed by atoms with Crippen LogP contribution in [0.1, 0.15) is 219 Å². The molecular weight excluding hydrogens is 966 g/mol. The van der Waals surface area contributed by atoms with E-state index in [0.29, 0.717) is 17.4 Å². The number of nitrogens with zero attached hydrogens (tertiary/aromatic N) is 1. The maximum Gasteiger partial charge on any atom is 0.472 e. The van der Waals surface area contributed by atoms with E-state index >= 15 is 0 Å². The first kappa shape index (κ1) is 72.2. The number of unbranched alkanes of at least 4 members (excludes halogenated alkanes) is 17. The number of carbonyl (C=O) groups is 2. The maximum absolute atomic E-state index is 12.8. The molecule has 0 aliphatic carbocycles.